The van der Waals surface area contributed by atoms with Crippen LogP contribution in [0.3, 0.4) is 0 Å². The van der Waals surface area contributed by atoms with Crippen LogP contribution >= 0.6 is 8.25 Å². The third-order valence-electron chi connectivity index (χ3n) is 3.69. The van der Waals surface area contributed by atoms with E-state index in [0.29, 0.717) is 17.6 Å². The summed E-state index contributed by atoms with van der Waals surface area (Å²) >= 11 is 0. The number of rotatable bonds is 5. The van der Waals surface area contributed by atoms with Crippen LogP contribution in [-0.4, -0.2) is 4.89 Å². The van der Waals surface area contributed by atoms with Crippen LogP contribution in [-0.2, 0) is 4.57 Å². The maximum Gasteiger partial charge on any atom is 0.747 e. The fourth-order valence-electron chi connectivity index (χ4n) is 2.42. The van der Waals surface area contributed by atoms with Crippen LogP contribution in [0, 0.1) is 5.92 Å². The highest BCUT2D eigenvalue weighted by molar-refractivity contribution is 7.32. The van der Waals surface area contributed by atoms with Gasteiger partial charge in [0.2, 0.25) is 0 Å². The van der Waals surface area contributed by atoms with Gasteiger partial charge in [0.15, 0.2) is 5.75 Å². The van der Waals surface area contributed by atoms with Gasteiger partial charge in [0.25, 0.3) is 0 Å². The molecule has 2 rings (SSSR count). The highest BCUT2D eigenvalue weighted by Gasteiger charge is 2.33. The van der Waals surface area contributed by atoms with Gasteiger partial charge >= 0.3 is 8.25 Å². The second-order valence-corrected chi connectivity index (χ2v) is 6.03. The van der Waals surface area contributed by atoms with Crippen LogP contribution in [0.4, 0.5) is 0 Å². The van der Waals surface area contributed by atoms with E-state index in [1.165, 1.54) is 12.8 Å². The molecule has 1 N–H and O–H groups in total. The van der Waals surface area contributed by atoms with Gasteiger partial charge in [-0.2, -0.15) is 0 Å². The van der Waals surface area contributed by atoms with Crippen molar-refractivity contribution in [2.24, 2.45) is 5.92 Å². The quantitative estimate of drug-likeness (QED) is 0.806. The molecule has 0 heterocycles. The SMILES string of the molecule is CC(C)c1cccc(C(C)C2CC2)c1O[P+](=O)O. The first-order chi connectivity index (χ1) is 8.50. The largest absolute Gasteiger partial charge is 0.747 e. The Balaban J connectivity index is 2.42. The van der Waals surface area contributed by atoms with Crippen molar-refractivity contribution in [2.75, 3.05) is 0 Å². The second-order valence-electron chi connectivity index (χ2n) is 5.38. The van der Waals surface area contributed by atoms with Crippen molar-refractivity contribution in [3.8, 4) is 5.75 Å². The summed E-state index contributed by atoms with van der Waals surface area (Å²) in [5.74, 6) is 2.00. The molecule has 1 fully saturated rings. The second kappa shape index (κ2) is 5.38. The monoisotopic (exact) mass is 267 g/mol. The van der Waals surface area contributed by atoms with E-state index in [1.54, 1.807) is 0 Å². The molecule has 98 valence electrons. The maximum atomic E-state index is 11.0. The van der Waals surface area contributed by atoms with Crippen molar-refractivity contribution in [1.29, 1.82) is 0 Å². The van der Waals surface area contributed by atoms with Gasteiger partial charge < -0.3 is 0 Å². The summed E-state index contributed by atoms with van der Waals surface area (Å²) in [6.07, 6.45) is 2.50. The lowest BCUT2D eigenvalue weighted by Crippen LogP contribution is -2.02. The van der Waals surface area contributed by atoms with E-state index in [-0.39, 0.29) is 5.92 Å². The molecule has 0 saturated heterocycles. The Kier molecular flexibility index (Phi) is 4.04. The first-order valence-corrected chi connectivity index (χ1v) is 7.60. The third kappa shape index (κ3) is 2.90. The Morgan fingerprint density at radius 3 is 2.39 bits per heavy atom. The Labute approximate surface area is 109 Å². The zero-order chi connectivity index (χ0) is 13.3. The molecular weight excluding hydrogens is 247 g/mol. The molecule has 0 aliphatic heterocycles. The van der Waals surface area contributed by atoms with E-state index in [9.17, 15) is 4.57 Å². The lowest BCUT2D eigenvalue weighted by Gasteiger charge is -2.16. The molecule has 0 spiro atoms. The smallest absolute Gasteiger partial charge is 0.229 e. The van der Waals surface area contributed by atoms with Crippen LogP contribution in [0.1, 0.15) is 56.6 Å². The average molecular weight is 267 g/mol. The van der Waals surface area contributed by atoms with Crippen LogP contribution in [0.2, 0.25) is 0 Å². The lowest BCUT2D eigenvalue weighted by molar-refractivity contribution is 0.403. The van der Waals surface area contributed by atoms with Gasteiger partial charge in [-0.15, -0.1) is 4.89 Å². The average Bonchev–Trinajstić information content (AvgIpc) is 3.11. The molecule has 18 heavy (non-hydrogen) atoms. The third-order valence-corrected chi connectivity index (χ3v) is 4.03. The van der Waals surface area contributed by atoms with Gasteiger partial charge in [-0.3, -0.25) is 0 Å². The zero-order valence-corrected chi connectivity index (χ0v) is 12.0. The molecule has 1 aliphatic carbocycles. The summed E-state index contributed by atoms with van der Waals surface area (Å²) in [7, 11) is -2.61. The summed E-state index contributed by atoms with van der Waals surface area (Å²) < 4.78 is 16.2. The Morgan fingerprint density at radius 2 is 1.89 bits per heavy atom. The predicted molar refractivity (Wildman–Crippen MR) is 72.1 cm³/mol. The molecule has 0 bridgehead atoms. The maximum absolute atomic E-state index is 11.0. The van der Waals surface area contributed by atoms with E-state index in [4.69, 9.17) is 9.42 Å². The van der Waals surface area contributed by atoms with E-state index in [1.807, 2.05) is 18.2 Å². The standard InChI is InChI=1S/C14H19O3P/c1-9(2)12-5-4-6-13(10(3)11-7-8-11)14(12)17-18(15)16/h4-6,9-11H,7-8H2,1-3H3/p+1. The Hall–Kier alpha value is -0.920. The van der Waals surface area contributed by atoms with Gasteiger partial charge in [-0.25, -0.2) is 4.52 Å². The van der Waals surface area contributed by atoms with Crippen molar-refractivity contribution in [1.82, 2.24) is 0 Å². The van der Waals surface area contributed by atoms with Crippen molar-refractivity contribution in [3.63, 3.8) is 0 Å². The first-order valence-electron chi connectivity index (χ1n) is 6.47. The first kappa shape index (κ1) is 13.5. The number of benzene rings is 1. The predicted octanol–water partition coefficient (Wildman–Crippen LogP) is 4.35. The molecule has 0 aromatic heterocycles. The molecule has 1 aliphatic rings. The molecule has 1 aromatic carbocycles. The van der Waals surface area contributed by atoms with Gasteiger partial charge in [0.05, 0.1) is 0 Å². The van der Waals surface area contributed by atoms with Crippen molar-refractivity contribution < 1.29 is 14.0 Å². The number of hydrogen-bond acceptors (Lipinski definition) is 2. The Bertz CT molecular complexity index is 452. The minimum Gasteiger partial charge on any atom is -0.229 e. The lowest BCUT2D eigenvalue weighted by atomic mass is 9.90. The van der Waals surface area contributed by atoms with E-state index < -0.39 is 8.25 Å². The van der Waals surface area contributed by atoms with Gasteiger partial charge in [-0.1, -0.05) is 39.0 Å². The van der Waals surface area contributed by atoms with E-state index in [0.717, 1.165) is 11.1 Å². The molecule has 2 atom stereocenters. The molecule has 3 nitrogen and oxygen atoms in total. The van der Waals surface area contributed by atoms with Crippen molar-refractivity contribution in [2.45, 2.75) is 45.4 Å². The number of para-hydroxylation sites is 1. The normalized spacial score (nSPS) is 17.7. The van der Waals surface area contributed by atoms with Crippen LogP contribution in [0.5, 0.6) is 5.75 Å². The molecule has 4 heteroatoms. The van der Waals surface area contributed by atoms with Crippen molar-refractivity contribution in [3.05, 3.63) is 29.3 Å². The highest BCUT2D eigenvalue weighted by atomic mass is 31.1. The fourth-order valence-corrected chi connectivity index (χ4v) is 2.79. The van der Waals surface area contributed by atoms with Gasteiger partial charge in [-0.05, 0) is 30.6 Å². The van der Waals surface area contributed by atoms with Gasteiger partial charge in [0.1, 0.15) is 0 Å². The van der Waals surface area contributed by atoms with Crippen molar-refractivity contribution >= 4 is 8.25 Å². The minimum absolute atomic E-state index is 0.279. The van der Waals surface area contributed by atoms with Crippen LogP contribution < -0.4 is 4.52 Å². The fraction of sp³-hybridized carbons (Fsp3) is 0.571. The Morgan fingerprint density at radius 1 is 1.28 bits per heavy atom. The van der Waals surface area contributed by atoms with Crippen LogP contribution in [0.15, 0.2) is 18.2 Å². The minimum atomic E-state index is -2.61. The van der Waals surface area contributed by atoms with E-state index in [2.05, 4.69) is 20.8 Å². The summed E-state index contributed by atoms with van der Waals surface area (Å²) in [5, 5.41) is 0. The van der Waals surface area contributed by atoms with Crippen LogP contribution in [0.25, 0.3) is 0 Å². The zero-order valence-electron chi connectivity index (χ0n) is 11.1. The number of hydrogen-bond donors (Lipinski definition) is 1. The summed E-state index contributed by atoms with van der Waals surface area (Å²) in [6, 6.07) is 6.01. The summed E-state index contributed by atoms with van der Waals surface area (Å²) in [5.41, 5.74) is 2.08. The molecule has 2 unspecified atom stereocenters. The summed E-state index contributed by atoms with van der Waals surface area (Å²) in [4.78, 5) is 9.06. The molecule has 0 amide bonds. The highest BCUT2D eigenvalue weighted by Crippen LogP contribution is 2.47. The van der Waals surface area contributed by atoms with Gasteiger partial charge in [0, 0.05) is 15.7 Å². The van der Waals surface area contributed by atoms with E-state index >= 15 is 0 Å². The molecule has 0 radical (unpaired) electrons. The molecule has 1 aromatic rings. The molecular formula is C14H20O3P+. The topological polar surface area (TPSA) is 46.5 Å². The summed E-state index contributed by atoms with van der Waals surface area (Å²) in [6.45, 7) is 6.31. The molecule has 1 saturated carbocycles.